The fraction of sp³-hybridized carbons (Fsp3) is 0.450. The van der Waals surface area contributed by atoms with E-state index in [0.717, 1.165) is 60.7 Å². The molecule has 0 bridgehead atoms. The Hall–Kier alpha value is -3.59. The van der Waals surface area contributed by atoms with Gasteiger partial charge in [0.2, 0.25) is 0 Å². The van der Waals surface area contributed by atoms with Gasteiger partial charge in [-0.15, -0.1) is 6.58 Å². The van der Waals surface area contributed by atoms with Gasteiger partial charge in [-0.25, -0.2) is 4.39 Å². The van der Waals surface area contributed by atoms with Crippen LogP contribution in [0.5, 0.6) is 0 Å². The zero-order valence-electron chi connectivity index (χ0n) is 28.7. The molecule has 5 heteroatoms. The molecule has 0 amide bonds. The monoisotopic (exact) mass is 613 g/mol. The third-order valence-corrected chi connectivity index (χ3v) is 7.71. The van der Waals surface area contributed by atoms with E-state index in [2.05, 4.69) is 51.8 Å². The Bertz CT molecular complexity index is 1330. The number of nitriles is 1. The van der Waals surface area contributed by atoms with Gasteiger partial charge in [0.1, 0.15) is 5.82 Å². The van der Waals surface area contributed by atoms with Crippen LogP contribution in [-0.2, 0) is 11.2 Å². The van der Waals surface area contributed by atoms with Gasteiger partial charge in [-0.2, -0.15) is 5.26 Å². The second kappa shape index (κ2) is 21.2. The molecular weight excluding hydrogens is 557 g/mol. The molecule has 4 nitrogen and oxygen atoms in total. The molecule has 3 rings (SSSR count). The van der Waals surface area contributed by atoms with E-state index in [4.69, 9.17) is 5.73 Å². The number of aryl methyl sites for hydroxylation is 1. The van der Waals surface area contributed by atoms with Crippen molar-refractivity contribution in [3.63, 3.8) is 0 Å². The summed E-state index contributed by atoms with van der Waals surface area (Å²) in [6.45, 7) is 23.2. The molecule has 45 heavy (non-hydrogen) atoms. The van der Waals surface area contributed by atoms with E-state index in [1.165, 1.54) is 44.9 Å². The van der Waals surface area contributed by atoms with Crippen LogP contribution in [0.15, 0.2) is 91.1 Å². The summed E-state index contributed by atoms with van der Waals surface area (Å²) in [7, 11) is 0. The van der Waals surface area contributed by atoms with Crippen molar-refractivity contribution in [1.29, 1.82) is 5.26 Å². The Morgan fingerprint density at radius 3 is 2.42 bits per heavy atom. The maximum absolute atomic E-state index is 13.3. The molecule has 1 aliphatic heterocycles. The topological polar surface area (TPSA) is 70.1 Å². The van der Waals surface area contributed by atoms with E-state index in [9.17, 15) is 14.4 Å². The van der Waals surface area contributed by atoms with Crippen LogP contribution in [0.2, 0.25) is 0 Å². The number of likely N-dealkylation sites (tertiary alicyclic amines) is 1. The van der Waals surface area contributed by atoms with Crippen LogP contribution in [0, 0.1) is 22.6 Å². The quantitative estimate of drug-likeness (QED) is 0.147. The number of Topliss-reactive ketones (excluding diaryl/α,β-unsaturated/α-hetero) is 1. The Balaban J connectivity index is 0.000000484. The molecule has 1 aliphatic rings. The summed E-state index contributed by atoms with van der Waals surface area (Å²) in [5.41, 5.74) is 10.5. The van der Waals surface area contributed by atoms with Crippen molar-refractivity contribution in [3.8, 4) is 6.07 Å². The van der Waals surface area contributed by atoms with Crippen LogP contribution in [0.3, 0.4) is 0 Å². The van der Waals surface area contributed by atoms with Crippen molar-refractivity contribution < 1.29 is 9.18 Å². The first kappa shape index (κ1) is 39.4. The molecule has 1 fully saturated rings. The minimum atomic E-state index is -0.237. The minimum absolute atomic E-state index is 0.0478. The summed E-state index contributed by atoms with van der Waals surface area (Å²) in [6.07, 6.45) is 12.9. The molecular formula is C40H56FN3O. The van der Waals surface area contributed by atoms with Crippen molar-refractivity contribution >= 4 is 11.4 Å². The predicted octanol–water partition coefficient (Wildman–Crippen LogP) is 9.62. The number of halogens is 1. The van der Waals surface area contributed by atoms with Crippen molar-refractivity contribution in [2.75, 3.05) is 19.6 Å². The maximum Gasteiger partial charge on any atom is 0.160 e. The second-order valence-corrected chi connectivity index (χ2v) is 12.8. The average Bonchev–Trinajstić information content (AvgIpc) is 3.44. The fourth-order valence-electron chi connectivity index (χ4n) is 5.29. The van der Waals surface area contributed by atoms with Gasteiger partial charge in [-0.1, -0.05) is 82.8 Å². The molecule has 2 aromatic carbocycles. The maximum atomic E-state index is 13.3. The molecule has 2 N–H and O–H groups in total. The molecule has 0 saturated carbocycles. The number of hydrogen-bond acceptors (Lipinski definition) is 4. The van der Waals surface area contributed by atoms with E-state index in [1.54, 1.807) is 18.2 Å². The normalized spacial score (nSPS) is 15.2. The Morgan fingerprint density at radius 2 is 1.87 bits per heavy atom. The summed E-state index contributed by atoms with van der Waals surface area (Å²) in [5.74, 6) is -0.285. The first-order chi connectivity index (χ1) is 21.4. The molecule has 0 aromatic heterocycles. The number of nitrogens with zero attached hydrogens (tertiary/aromatic N) is 2. The standard InChI is InChI=1S/C25H24FNO.C8H18N2.C7H14/c1-18(8-6-9-21-10-7-12-23(26)16-21)24(20(3)28)15-14-19(2)25-13-5-4-11-22(25)17-27;1-2-8-4-3-6-10(8)7-5-9;1-5-6-7(2,3)4/h4-5,7,10-16H,1,6,8-9H2,2-3H3;8H,2-7,9H2,1H3;5H,1,6H2,2-4H3/b19-14+,24-15+;;/t;8-;/m.0./s1. The molecule has 1 saturated heterocycles. The van der Waals surface area contributed by atoms with Crippen LogP contribution >= 0.6 is 0 Å². The van der Waals surface area contributed by atoms with E-state index in [1.807, 2.05) is 43.3 Å². The van der Waals surface area contributed by atoms with Gasteiger partial charge in [0.25, 0.3) is 0 Å². The number of allylic oxidation sites excluding steroid dienone is 6. The van der Waals surface area contributed by atoms with Crippen molar-refractivity contribution in [2.45, 2.75) is 92.5 Å². The summed E-state index contributed by atoms with van der Waals surface area (Å²) >= 11 is 0. The number of carbonyl (C=O) groups excluding carboxylic acids is 1. The summed E-state index contributed by atoms with van der Waals surface area (Å²) in [6, 6.07) is 16.9. The van der Waals surface area contributed by atoms with Gasteiger partial charge in [-0.05, 0) is 111 Å². The minimum Gasteiger partial charge on any atom is -0.329 e. The lowest BCUT2D eigenvalue weighted by Crippen LogP contribution is -2.33. The van der Waals surface area contributed by atoms with Crippen LogP contribution < -0.4 is 5.73 Å². The van der Waals surface area contributed by atoms with Crippen molar-refractivity contribution in [3.05, 3.63) is 114 Å². The molecule has 0 unspecified atom stereocenters. The second-order valence-electron chi connectivity index (χ2n) is 12.8. The van der Waals surface area contributed by atoms with Crippen LogP contribution in [-0.4, -0.2) is 36.4 Å². The van der Waals surface area contributed by atoms with Crippen LogP contribution in [0.25, 0.3) is 5.57 Å². The zero-order valence-corrected chi connectivity index (χ0v) is 28.7. The van der Waals surface area contributed by atoms with Crippen LogP contribution in [0.1, 0.15) is 96.8 Å². The van der Waals surface area contributed by atoms with Crippen LogP contribution in [0.4, 0.5) is 4.39 Å². The largest absolute Gasteiger partial charge is 0.329 e. The van der Waals surface area contributed by atoms with Crippen molar-refractivity contribution in [1.82, 2.24) is 4.90 Å². The highest BCUT2D eigenvalue weighted by Crippen LogP contribution is 2.22. The average molecular weight is 614 g/mol. The third kappa shape index (κ3) is 15.8. The molecule has 0 spiro atoms. The molecule has 2 aromatic rings. The lowest BCUT2D eigenvalue weighted by molar-refractivity contribution is -0.113. The van der Waals surface area contributed by atoms with Crippen molar-refractivity contribution in [2.24, 2.45) is 11.1 Å². The number of hydrogen-bond donors (Lipinski definition) is 1. The lowest BCUT2D eigenvalue weighted by atomic mass is 9.93. The summed E-state index contributed by atoms with van der Waals surface area (Å²) in [5, 5.41) is 9.25. The Kier molecular flexibility index (Phi) is 18.6. The number of benzene rings is 2. The fourth-order valence-corrected chi connectivity index (χ4v) is 5.29. The van der Waals surface area contributed by atoms with E-state index < -0.39 is 0 Å². The smallest absolute Gasteiger partial charge is 0.160 e. The van der Waals surface area contributed by atoms with Gasteiger partial charge >= 0.3 is 0 Å². The van der Waals surface area contributed by atoms with Gasteiger partial charge in [-0.3, -0.25) is 9.69 Å². The summed E-state index contributed by atoms with van der Waals surface area (Å²) < 4.78 is 13.3. The number of rotatable bonds is 12. The van der Waals surface area contributed by atoms with E-state index >= 15 is 0 Å². The molecule has 0 radical (unpaired) electrons. The predicted molar refractivity (Wildman–Crippen MR) is 190 cm³/mol. The highest BCUT2D eigenvalue weighted by molar-refractivity contribution is 5.98. The molecule has 244 valence electrons. The Labute approximate surface area is 273 Å². The SMILES string of the molecule is C=C(CCCc1cccc(F)c1)/C(=C\C=C(/C)c1ccccc1C#N)C(C)=O.C=CCC(C)(C)C.CC[C@H]1CCCN1CCN. The zero-order chi connectivity index (χ0) is 33.8. The van der Waals surface area contributed by atoms with Gasteiger partial charge < -0.3 is 5.73 Å². The number of carbonyl (C=O) groups is 1. The highest BCUT2D eigenvalue weighted by atomic mass is 19.1. The highest BCUT2D eigenvalue weighted by Gasteiger charge is 2.21. The number of ketones is 1. The lowest BCUT2D eigenvalue weighted by Gasteiger charge is -2.21. The van der Waals surface area contributed by atoms with E-state index in [-0.39, 0.29) is 11.6 Å². The Morgan fingerprint density at radius 1 is 1.16 bits per heavy atom. The third-order valence-electron chi connectivity index (χ3n) is 7.71. The molecule has 1 heterocycles. The van der Waals surface area contributed by atoms with E-state index in [0.29, 0.717) is 23.0 Å². The first-order valence-electron chi connectivity index (χ1n) is 16.2. The molecule has 0 aliphatic carbocycles. The first-order valence-corrected chi connectivity index (χ1v) is 16.2. The summed E-state index contributed by atoms with van der Waals surface area (Å²) in [4.78, 5) is 14.6. The number of nitrogens with two attached hydrogens (primary N) is 1. The van der Waals surface area contributed by atoms with Gasteiger partial charge in [0.15, 0.2) is 5.78 Å². The molecule has 1 atom stereocenters. The van der Waals surface area contributed by atoms with Gasteiger partial charge in [0, 0.05) is 24.7 Å². The van der Waals surface area contributed by atoms with Gasteiger partial charge in [0.05, 0.1) is 11.6 Å².